The number of benzene rings is 2. The average molecular weight is 469 g/mol. The number of anilines is 1. The highest BCUT2D eigenvalue weighted by atomic mass is 127. The van der Waals surface area contributed by atoms with Gasteiger partial charge in [0, 0.05) is 9.26 Å². The molecule has 7 nitrogen and oxygen atoms in total. The first-order chi connectivity index (χ1) is 12.4. The third-order valence-corrected chi connectivity index (χ3v) is 3.97. The fourth-order valence-electron chi connectivity index (χ4n) is 2.03. The van der Waals surface area contributed by atoms with Gasteiger partial charge in [0.2, 0.25) is 0 Å². The Bertz CT molecular complexity index is 785. The average Bonchev–Trinajstić information content (AvgIpc) is 2.66. The highest BCUT2D eigenvalue weighted by Crippen LogP contribution is 2.19. The molecule has 0 bridgehead atoms. The van der Waals surface area contributed by atoms with Gasteiger partial charge in [-0.1, -0.05) is 0 Å². The van der Waals surface area contributed by atoms with Gasteiger partial charge in [0.15, 0.2) is 6.61 Å². The number of ether oxygens (including phenoxy) is 3. The predicted molar refractivity (Wildman–Crippen MR) is 102 cm³/mol. The second-order valence-electron chi connectivity index (χ2n) is 5.07. The molecule has 0 aliphatic heterocycles. The number of halogens is 1. The summed E-state index contributed by atoms with van der Waals surface area (Å²) < 4.78 is 15.7. The first-order valence-corrected chi connectivity index (χ1v) is 8.50. The van der Waals surface area contributed by atoms with Gasteiger partial charge in [0.05, 0.1) is 25.3 Å². The van der Waals surface area contributed by atoms with Crippen molar-refractivity contribution in [3.05, 3.63) is 57.2 Å². The molecule has 0 radical (unpaired) electrons. The Balaban J connectivity index is 2.09. The van der Waals surface area contributed by atoms with E-state index in [9.17, 15) is 14.4 Å². The van der Waals surface area contributed by atoms with Crippen molar-refractivity contribution in [3.63, 3.8) is 0 Å². The lowest BCUT2D eigenvalue weighted by molar-refractivity contribution is -0.118. The van der Waals surface area contributed by atoms with Gasteiger partial charge in [-0.25, -0.2) is 9.59 Å². The van der Waals surface area contributed by atoms with Crippen molar-refractivity contribution < 1.29 is 28.6 Å². The van der Waals surface area contributed by atoms with E-state index in [1.165, 1.54) is 32.4 Å². The summed E-state index contributed by atoms with van der Waals surface area (Å²) >= 11 is 2.16. The summed E-state index contributed by atoms with van der Waals surface area (Å²) in [7, 11) is 2.45. The van der Waals surface area contributed by atoms with E-state index in [-0.39, 0.29) is 29.4 Å². The molecule has 0 aromatic heterocycles. The molecular formula is C18H16INO6. The zero-order valence-electron chi connectivity index (χ0n) is 14.1. The Hall–Kier alpha value is -2.62. The van der Waals surface area contributed by atoms with E-state index in [2.05, 4.69) is 37.4 Å². The van der Waals surface area contributed by atoms with Crippen LogP contribution in [0.3, 0.4) is 0 Å². The van der Waals surface area contributed by atoms with Crippen LogP contribution in [0.5, 0.6) is 5.75 Å². The minimum absolute atomic E-state index is 0.114. The Morgan fingerprint density at radius 2 is 1.46 bits per heavy atom. The molecule has 2 rings (SSSR count). The summed E-state index contributed by atoms with van der Waals surface area (Å²) in [5.41, 5.74) is 0.865. The molecular weight excluding hydrogens is 453 g/mol. The van der Waals surface area contributed by atoms with Gasteiger partial charge in [-0.05, 0) is 65.1 Å². The number of hydrogen-bond acceptors (Lipinski definition) is 6. The maximum absolute atomic E-state index is 12.0. The van der Waals surface area contributed by atoms with Crippen molar-refractivity contribution in [2.45, 2.75) is 0 Å². The van der Waals surface area contributed by atoms with Crippen LogP contribution in [0.25, 0.3) is 0 Å². The molecule has 0 unspecified atom stereocenters. The largest absolute Gasteiger partial charge is 0.484 e. The maximum atomic E-state index is 12.0. The van der Waals surface area contributed by atoms with E-state index in [0.717, 1.165) is 3.57 Å². The molecule has 8 heteroatoms. The van der Waals surface area contributed by atoms with Crippen LogP contribution in [0.1, 0.15) is 20.7 Å². The van der Waals surface area contributed by atoms with E-state index >= 15 is 0 Å². The van der Waals surface area contributed by atoms with Crippen molar-refractivity contribution in [2.75, 3.05) is 26.1 Å². The van der Waals surface area contributed by atoms with Crippen molar-refractivity contribution in [1.29, 1.82) is 0 Å². The first kappa shape index (κ1) is 19.7. The predicted octanol–water partition coefficient (Wildman–Crippen LogP) is 2.88. The molecule has 0 aliphatic carbocycles. The molecule has 0 heterocycles. The van der Waals surface area contributed by atoms with Crippen LogP contribution in [0, 0.1) is 3.57 Å². The summed E-state index contributed by atoms with van der Waals surface area (Å²) in [6, 6.07) is 11.4. The first-order valence-electron chi connectivity index (χ1n) is 7.43. The lowest BCUT2D eigenvalue weighted by Crippen LogP contribution is -2.20. The molecule has 26 heavy (non-hydrogen) atoms. The summed E-state index contributed by atoms with van der Waals surface area (Å²) in [6.07, 6.45) is 0. The zero-order valence-corrected chi connectivity index (χ0v) is 16.2. The second-order valence-corrected chi connectivity index (χ2v) is 6.32. The van der Waals surface area contributed by atoms with Crippen molar-refractivity contribution in [3.8, 4) is 5.75 Å². The summed E-state index contributed by atoms with van der Waals surface area (Å²) in [6.45, 7) is -0.294. The van der Waals surface area contributed by atoms with E-state index in [0.29, 0.717) is 5.69 Å². The summed E-state index contributed by atoms with van der Waals surface area (Å²) in [5.74, 6) is -1.48. The highest BCUT2D eigenvalue weighted by molar-refractivity contribution is 14.1. The number of hydrogen-bond donors (Lipinski definition) is 1. The normalized spacial score (nSPS) is 9.96. The van der Waals surface area contributed by atoms with Crippen LogP contribution in [-0.4, -0.2) is 38.7 Å². The van der Waals surface area contributed by atoms with E-state index in [1.54, 1.807) is 12.1 Å². The van der Waals surface area contributed by atoms with E-state index < -0.39 is 11.9 Å². The number of esters is 2. The van der Waals surface area contributed by atoms with Crippen molar-refractivity contribution >= 4 is 46.1 Å². The Kier molecular flexibility index (Phi) is 6.96. The van der Waals surface area contributed by atoms with Gasteiger partial charge < -0.3 is 19.5 Å². The van der Waals surface area contributed by atoms with Gasteiger partial charge in [0.25, 0.3) is 5.91 Å². The number of carbonyl (C=O) groups is 3. The molecule has 0 saturated heterocycles. The minimum atomic E-state index is -0.635. The second kappa shape index (κ2) is 9.18. The van der Waals surface area contributed by atoms with E-state index in [4.69, 9.17) is 4.74 Å². The molecule has 0 atom stereocenters. The molecule has 0 aliphatic rings. The fraction of sp³-hybridized carbons (Fsp3) is 0.167. The van der Waals surface area contributed by atoms with Gasteiger partial charge in [0.1, 0.15) is 5.75 Å². The molecule has 0 fully saturated rings. The third-order valence-electron chi connectivity index (χ3n) is 3.25. The molecule has 2 aromatic carbocycles. The molecule has 2 aromatic rings. The lowest BCUT2D eigenvalue weighted by atomic mass is 10.1. The Labute approximate surface area is 163 Å². The fourth-order valence-corrected chi connectivity index (χ4v) is 2.39. The Morgan fingerprint density at radius 3 is 1.96 bits per heavy atom. The van der Waals surface area contributed by atoms with Crippen LogP contribution in [0.2, 0.25) is 0 Å². The molecule has 0 saturated carbocycles. The van der Waals surface area contributed by atoms with Crippen LogP contribution in [0.15, 0.2) is 42.5 Å². The number of methoxy groups -OCH3 is 2. The lowest BCUT2D eigenvalue weighted by Gasteiger charge is -2.10. The number of carbonyl (C=O) groups excluding carboxylic acids is 3. The van der Waals surface area contributed by atoms with Crippen LogP contribution in [-0.2, 0) is 14.3 Å². The van der Waals surface area contributed by atoms with Gasteiger partial charge in [-0.3, -0.25) is 4.79 Å². The number of rotatable bonds is 6. The molecule has 1 amide bonds. The van der Waals surface area contributed by atoms with Crippen molar-refractivity contribution in [1.82, 2.24) is 0 Å². The minimum Gasteiger partial charge on any atom is -0.484 e. The molecule has 1 N–H and O–H groups in total. The zero-order chi connectivity index (χ0) is 19.1. The molecule has 0 spiro atoms. The Morgan fingerprint density at radius 1 is 0.923 bits per heavy atom. The topological polar surface area (TPSA) is 90.9 Å². The SMILES string of the molecule is COC(=O)c1cc(OCC(=O)Nc2ccc(I)cc2)cc(C(=O)OC)c1. The van der Waals surface area contributed by atoms with Gasteiger partial charge in [-0.2, -0.15) is 0 Å². The smallest absolute Gasteiger partial charge is 0.338 e. The standard InChI is InChI=1S/C18H16INO6/c1-24-17(22)11-7-12(18(23)25-2)9-15(8-11)26-10-16(21)20-14-5-3-13(19)4-6-14/h3-9H,10H2,1-2H3,(H,20,21). The summed E-state index contributed by atoms with van der Waals surface area (Å²) in [5, 5.41) is 2.69. The van der Waals surface area contributed by atoms with Crippen LogP contribution in [0.4, 0.5) is 5.69 Å². The van der Waals surface area contributed by atoms with Gasteiger partial charge >= 0.3 is 11.9 Å². The third kappa shape index (κ3) is 5.45. The maximum Gasteiger partial charge on any atom is 0.338 e. The monoisotopic (exact) mass is 469 g/mol. The van der Waals surface area contributed by atoms with E-state index in [1.807, 2.05) is 12.1 Å². The molecule has 136 valence electrons. The summed E-state index contributed by atoms with van der Waals surface area (Å²) in [4.78, 5) is 35.5. The highest BCUT2D eigenvalue weighted by Gasteiger charge is 2.15. The quantitative estimate of drug-likeness (QED) is 0.517. The van der Waals surface area contributed by atoms with Crippen molar-refractivity contribution in [2.24, 2.45) is 0 Å². The number of nitrogens with one attached hydrogen (secondary N) is 1. The number of amides is 1. The van der Waals surface area contributed by atoms with Crippen LogP contribution < -0.4 is 10.1 Å². The van der Waals surface area contributed by atoms with Gasteiger partial charge in [-0.15, -0.1) is 0 Å². The van der Waals surface area contributed by atoms with Crippen LogP contribution >= 0.6 is 22.6 Å².